The van der Waals surface area contributed by atoms with Crippen LogP contribution in [0.3, 0.4) is 0 Å². The third kappa shape index (κ3) is 6.18. The maximum Gasteiger partial charge on any atom is 0.573 e. The Morgan fingerprint density at radius 3 is 1.88 bits per heavy atom. The first-order valence-corrected chi connectivity index (χ1v) is 7.35. The van der Waals surface area contributed by atoms with Crippen molar-refractivity contribution in [3.63, 3.8) is 0 Å². The lowest BCUT2D eigenvalue weighted by molar-refractivity contribution is -0.274. The highest BCUT2D eigenvalue weighted by Crippen LogP contribution is 2.27. The fourth-order valence-corrected chi connectivity index (χ4v) is 1.96. The number of carbonyl (C=O) groups is 1. The summed E-state index contributed by atoms with van der Waals surface area (Å²) in [6.45, 7) is 1.83. The molecule has 0 spiro atoms. The molecule has 0 unspecified atom stereocenters. The third-order valence-corrected chi connectivity index (χ3v) is 3.03. The van der Waals surface area contributed by atoms with Crippen molar-refractivity contribution in [1.29, 1.82) is 0 Å². The molecule has 2 aromatic rings. The molecule has 0 saturated heterocycles. The van der Waals surface area contributed by atoms with E-state index in [1.165, 1.54) is 30.3 Å². The van der Waals surface area contributed by atoms with E-state index in [1.807, 2.05) is 6.92 Å². The molecule has 0 radical (unpaired) electrons. The largest absolute Gasteiger partial charge is 0.573 e. The van der Waals surface area contributed by atoms with E-state index < -0.39 is 12.3 Å². The minimum atomic E-state index is -4.71. The number of esters is 1. The van der Waals surface area contributed by atoms with Crippen LogP contribution in [0.4, 0.5) is 13.2 Å². The quantitative estimate of drug-likeness (QED) is 0.319. The molecule has 3 nitrogen and oxygen atoms in total. The fourth-order valence-electron chi connectivity index (χ4n) is 1.96. The van der Waals surface area contributed by atoms with Gasteiger partial charge in [-0.3, -0.25) is 0 Å². The average Bonchev–Trinajstić information content (AvgIpc) is 2.55. The number of benzene rings is 2. The van der Waals surface area contributed by atoms with Gasteiger partial charge in [0.05, 0.1) is 0 Å². The molecule has 0 atom stereocenters. The highest BCUT2D eigenvalue weighted by atomic mass is 19.4. The highest BCUT2D eigenvalue weighted by molar-refractivity contribution is 5.84. The van der Waals surface area contributed by atoms with Gasteiger partial charge >= 0.3 is 12.3 Å². The Balaban J connectivity index is 2.03. The van der Waals surface area contributed by atoms with Crippen LogP contribution in [0, 0.1) is 0 Å². The summed E-state index contributed by atoms with van der Waals surface area (Å²) < 4.78 is 45.4. The number of ether oxygens (including phenoxy) is 2. The predicted molar refractivity (Wildman–Crippen MR) is 88.2 cm³/mol. The topological polar surface area (TPSA) is 35.5 Å². The van der Waals surface area contributed by atoms with Gasteiger partial charge in [-0.15, -0.1) is 13.2 Å². The van der Waals surface area contributed by atoms with Crippen molar-refractivity contribution >= 4 is 5.97 Å². The zero-order valence-corrected chi connectivity index (χ0v) is 13.3. The molecule has 0 aromatic heterocycles. The summed E-state index contributed by atoms with van der Waals surface area (Å²) in [7, 11) is 0. The van der Waals surface area contributed by atoms with Crippen molar-refractivity contribution in [2.24, 2.45) is 0 Å². The Kier molecular flexibility index (Phi) is 6.00. The first kappa shape index (κ1) is 18.3. The molecule has 0 heterocycles. The zero-order chi connectivity index (χ0) is 18.3. The van der Waals surface area contributed by atoms with Crippen LogP contribution >= 0.6 is 0 Å². The van der Waals surface area contributed by atoms with Crippen molar-refractivity contribution in [1.82, 2.24) is 0 Å². The molecule has 0 N–H and O–H groups in total. The van der Waals surface area contributed by atoms with Crippen molar-refractivity contribution in [3.8, 4) is 22.6 Å². The van der Waals surface area contributed by atoms with Crippen molar-refractivity contribution in [2.75, 3.05) is 0 Å². The molecule has 25 heavy (non-hydrogen) atoms. The van der Waals surface area contributed by atoms with Gasteiger partial charge in [-0.25, -0.2) is 4.79 Å². The second-order valence-electron chi connectivity index (χ2n) is 4.90. The van der Waals surface area contributed by atoms with E-state index in [2.05, 4.69) is 4.74 Å². The van der Waals surface area contributed by atoms with Gasteiger partial charge in [-0.1, -0.05) is 42.5 Å². The van der Waals surface area contributed by atoms with Gasteiger partial charge in [0.2, 0.25) is 0 Å². The van der Waals surface area contributed by atoms with E-state index in [4.69, 9.17) is 4.74 Å². The van der Waals surface area contributed by atoms with Gasteiger partial charge in [0.1, 0.15) is 11.5 Å². The summed E-state index contributed by atoms with van der Waals surface area (Å²) in [5.74, 6) is -0.412. The number of rotatable bonds is 5. The molecule has 0 saturated carbocycles. The Bertz CT molecular complexity index is 758. The van der Waals surface area contributed by atoms with Gasteiger partial charge < -0.3 is 9.47 Å². The predicted octanol–water partition coefficient (Wildman–Crippen LogP) is 5.29. The van der Waals surface area contributed by atoms with Crippen molar-refractivity contribution in [2.45, 2.75) is 13.3 Å². The molecule has 0 amide bonds. The molecular formula is C19H15F3O3. The van der Waals surface area contributed by atoms with Gasteiger partial charge in [0, 0.05) is 6.08 Å². The summed E-state index contributed by atoms with van der Waals surface area (Å²) in [6.07, 6.45) is 1.64. The first-order valence-electron chi connectivity index (χ1n) is 7.35. The lowest BCUT2D eigenvalue weighted by Crippen LogP contribution is -2.16. The van der Waals surface area contributed by atoms with Gasteiger partial charge in [-0.05, 0) is 42.3 Å². The second-order valence-corrected chi connectivity index (χ2v) is 4.90. The van der Waals surface area contributed by atoms with Crippen molar-refractivity contribution in [3.05, 3.63) is 72.8 Å². The summed E-state index contributed by atoms with van der Waals surface area (Å²) in [5.41, 5.74) is 1.48. The molecule has 6 heteroatoms. The summed E-state index contributed by atoms with van der Waals surface area (Å²) in [6, 6.07) is 12.1. The number of hydrogen-bond donors (Lipinski definition) is 0. The molecule has 0 fully saturated rings. The molecule has 0 aliphatic rings. The van der Waals surface area contributed by atoms with Crippen LogP contribution in [-0.4, -0.2) is 12.3 Å². The van der Waals surface area contributed by atoms with E-state index in [0.717, 1.165) is 5.56 Å². The highest BCUT2D eigenvalue weighted by Gasteiger charge is 2.30. The van der Waals surface area contributed by atoms with Crippen LogP contribution in [0.2, 0.25) is 0 Å². The Labute approximate surface area is 143 Å². The maximum atomic E-state index is 12.1. The fraction of sp³-hybridized carbons (Fsp3) is 0.105. The van der Waals surface area contributed by atoms with Gasteiger partial charge in [-0.2, -0.15) is 0 Å². The molecule has 2 aromatic carbocycles. The zero-order valence-electron chi connectivity index (χ0n) is 13.3. The van der Waals surface area contributed by atoms with Crippen LogP contribution in [0.1, 0.15) is 6.92 Å². The third-order valence-electron chi connectivity index (χ3n) is 3.03. The van der Waals surface area contributed by atoms with Crippen LogP contribution in [0.15, 0.2) is 72.8 Å². The molecular weight excluding hydrogens is 333 g/mol. The number of allylic oxidation sites excluding steroid dienone is 3. The number of carbonyl (C=O) groups excluding carboxylic acids is 1. The van der Waals surface area contributed by atoms with E-state index >= 15 is 0 Å². The van der Waals surface area contributed by atoms with Crippen LogP contribution in [0.25, 0.3) is 11.1 Å². The van der Waals surface area contributed by atoms with Gasteiger partial charge in [0.25, 0.3) is 0 Å². The number of alkyl halides is 3. The van der Waals surface area contributed by atoms with Crippen LogP contribution < -0.4 is 9.47 Å². The minimum Gasteiger partial charge on any atom is -0.423 e. The van der Waals surface area contributed by atoms with Crippen molar-refractivity contribution < 1.29 is 27.4 Å². The molecule has 0 aliphatic carbocycles. The smallest absolute Gasteiger partial charge is 0.423 e. The van der Waals surface area contributed by atoms with E-state index in [1.54, 1.807) is 42.5 Å². The summed E-state index contributed by atoms with van der Waals surface area (Å²) >= 11 is 0. The molecule has 2 rings (SSSR count). The first-order chi connectivity index (χ1) is 11.9. The summed E-state index contributed by atoms with van der Waals surface area (Å²) in [5, 5.41) is 0. The van der Waals surface area contributed by atoms with E-state index in [0.29, 0.717) is 11.3 Å². The van der Waals surface area contributed by atoms with Crippen LogP contribution in [0.5, 0.6) is 11.5 Å². The Morgan fingerprint density at radius 2 is 1.40 bits per heavy atom. The standard InChI is InChI=1S/C19H15F3O3/c1-2-3-4-5-18(23)24-16-10-6-14(7-11-16)15-8-12-17(13-9-15)25-19(20,21)22/h2-13H,1H3. The van der Waals surface area contributed by atoms with Gasteiger partial charge in [0.15, 0.2) is 0 Å². The second kappa shape index (κ2) is 8.19. The SMILES string of the molecule is CC=CC=CC(=O)Oc1ccc(-c2ccc(OC(F)(F)F)cc2)cc1. The monoisotopic (exact) mass is 348 g/mol. The van der Waals surface area contributed by atoms with E-state index in [9.17, 15) is 18.0 Å². The minimum absolute atomic E-state index is 0.283. The normalized spacial score (nSPS) is 11.8. The molecule has 0 aliphatic heterocycles. The lowest BCUT2D eigenvalue weighted by Gasteiger charge is -2.09. The Hall–Kier alpha value is -3.02. The molecule has 130 valence electrons. The Morgan fingerprint density at radius 1 is 0.880 bits per heavy atom. The lowest BCUT2D eigenvalue weighted by atomic mass is 10.1. The average molecular weight is 348 g/mol. The summed E-state index contributed by atoms with van der Waals surface area (Å²) in [4.78, 5) is 11.5. The number of halogens is 3. The maximum absolute atomic E-state index is 12.1. The van der Waals surface area contributed by atoms with Crippen LogP contribution in [-0.2, 0) is 4.79 Å². The molecule has 0 bridgehead atoms. The number of hydrogen-bond acceptors (Lipinski definition) is 3. The van der Waals surface area contributed by atoms with E-state index in [-0.39, 0.29) is 5.75 Å².